The molecule has 0 aliphatic rings. The van der Waals surface area contributed by atoms with Gasteiger partial charge in [0.1, 0.15) is 0 Å². The molecule has 0 amide bonds. The normalized spacial score (nSPS) is 11.1. The lowest BCUT2D eigenvalue weighted by atomic mass is 9.99. The molecule has 0 saturated carbocycles. The maximum atomic E-state index is 6.02. The van der Waals surface area contributed by atoms with Gasteiger partial charge in [-0.05, 0) is 48.2 Å². The Labute approximate surface area is 144 Å². The van der Waals surface area contributed by atoms with Gasteiger partial charge in [0.2, 0.25) is 0 Å². The Kier molecular flexibility index (Phi) is 6.18. The third kappa shape index (κ3) is 4.75. The lowest BCUT2D eigenvalue weighted by Crippen LogP contribution is -2.38. The molecule has 21 heavy (non-hydrogen) atoms. The molecule has 0 aliphatic heterocycles. The Balaban J connectivity index is 2.08. The summed E-state index contributed by atoms with van der Waals surface area (Å²) in [4.78, 5) is 0. The van der Waals surface area contributed by atoms with Crippen molar-refractivity contribution >= 4 is 46.4 Å². The van der Waals surface area contributed by atoms with E-state index in [1.165, 1.54) is 0 Å². The fourth-order valence-electron chi connectivity index (χ4n) is 2.09. The molecule has 0 heterocycles. The minimum atomic E-state index is 0.0551. The van der Waals surface area contributed by atoms with E-state index in [4.69, 9.17) is 52.2 Å². The number of halogens is 4. The molecule has 3 N–H and O–H groups in total. The molecule has 0 saturated heterocycles. The van der Waals surface area contributed by atoms with Crippen LogP contribution in [0.15, 0.2) is 36.4 Å². The van der Waals surface area contributed by atoms with Crippen molar-refractivity contribution in [1.29, 1.82) is 0 Å². The predicted molar refractivity (Wildman–Crippen MR) is 91.4 cm³/mol. The standard InChI is InChI=1S/C15H14Cl4N2/c16-12-3-1-9(7-14(12)18)5-11(21-20)6-10-2-4-13(17)15(19)8-10/h1-4,7-8,11,21H,5-6,20H2. The van der Waals surface area contributed by atoms with Gasteiger partial charge in [-0.2, -0.15) is 0 Å². The van der Waals surface area contributed by atoms with E-state index in [9.17, 15) is 0 Å². The van der Waals surface area contributed by atoms with Gasteiger partial charge in [0, 0.05) is 6.04 Å². The Morgan fingerprint density at radius 1 is 0.762 bits per heavy atom. The molecule has 2 aromatic carbocycles. The monoisotopic (exact) mass is 362 g/mol. The van der Waals surface area contributed by atoms with Gasteiger partial charge in [0.15, 0.2) is 0 Å². The summed E-state index contributed by atoms with van der Waals surface area (Å²) in [6, 6.07) is 11.2. The van der Waals surface area contributed by atoms with E-state index < -0.39 is 0 Å². The second-order valence-electron chi connectivity index (χ2n) is 4.77. The smallest absolute Gasteiger partial charge is 0.0595 e. The molecular weight excluding hydrogens is 350 g/mol. The molecule has 0 bridgehead atoms. The molecule has 0 aromatic heterocycles. The zero-order valence-corrected chi connectivity index (χ0v) is 14.1. The molecule has 0 atom stereocenters. The van der Waals surface area contributed by atoms with Crippen LogP contribution in [0.3, 0.4) is 0 Å². The quantitative estimate of drug-likeness (QED) is 0.584. The van der Waals surface area contributed by atoms with Crippen LogP contribution < -0.4 is 11.3 Å². The molecule has 0 spiro atoms. The van der Waals surface area contributed by atoms with E-state index in [1.807, 2.05) is 24.3 Å². The van der Waals surface area contributed by atoms with E-state index in [2.05, 4.69) is 5.43 Å². The van der Waals surface area contributed by atoms with Crippen molar-refractivity contribution in [3.05, 3.63) is 67.6 Å². The third-order valence-electron chi connectivity index (χ3n) is 3.17. The van der Waals surface area contributed by atoms with Gasteiger partial charge in [-0.3, -0.25) is 11.3 Å². The zero-order valence-electron chi connectivity index (χ0n) is 11.0. The van der Waals surface area contributed by atoms with Gasteiger partial charge in [-0.25, -0.2) is 0 Å². The summed E-state index contributed by atoms with van der Waals surface area (Å²) in [5.74, 6) is 5.64. The van der Waals surface area contributed by atoms with Crippen molar-refractivity contribution in [2.75, 3.05) is 0 Å². The Morgan fingerprint density at radius 3 is 1.52 bits per heavy atom. The number of nitrogens with two attached hydrogens (primary N) is 1. The molecule has 0 aliphatic carbocycles. The molecule has 0 radical (unpaired) electrons. The lowest BCUT2D eigenvalue weighted by molar-refractivity contribution is 0.522. The van der Waals surface area contributed by atoms with Crippen molar-refractivity contribution in [1.82, 2.24) is 5.43 Å². The summed E-state index contributed by atoms with van der Waals surface area (Å²) in [6.45, 7) is 0. The Bertz CT molecular complexity index is 578. The predicted octanol–water partition coefficient (Wildman–Crippen LogP) is 4.92. The highest BCUT2D eigenvalue weighted by Crippen LogP contribution is 2.25. The number of benzene rings is 2. The lowest BCUT2D eigenvalue weighted by Gasteiger charge is -2.17. The van der Waals surface area contributed by atoms with Gasteiger partial charge in [-0.15, -0.1) is 0 Å². The minimum Gasteiger partial charge on any atom is -0.271 e. The summed E-state index contributed by atoms with van der Waals surface area (Å²) in [5.41, 5.74) is 4.94. The number of rotatable bonds is 5. The van der Waals surface area contributed by atoms with Crippen LogP contribution in [-0.2, 0) is 12.8 Å². The fourth-order valence-corrected chi connectivity index (χ4v) is 2.73. The summed E-state index contributed by atoms with van der Waals surface area (Å²) in [6.07, 6.45) is 1.46. The average molecular weight is 364 g/mol. The maximum Gasteiger partial charge on any atom is 0.0595 e. The molecule has 2 nitrogen and oxygen atoms in total. The highest BCUT2D eigenvalue weighted by Gasteiger charge is 2.11. The second-order valence-corrected chi connectivity index (χ2v) is 6.40. The van der Waals surface area contributed by atoms with Crippen LogP contribution >= 0.6 is 46.4 Å². The van der Waals surface area contributed by atoms with E-state index in [0.717, 1.165) is 24.0 Å². The zero-order chi connectivity index (χ0) is 15.4. The molecular formula is C15H14Cl4N2. The SMILES string of the molecule is NNC(Cc1ccc(Cl)c(Cl)c1)Cc1ccc(Cl)c(Cl)c1. The fraction of sp³-hybridized carbons (Fsp3) is 0.200. The van der Waals surface area contributed by atoms with Gasteiger partial charge in [-0.1, -0.05) is 58.5 Å². The largest absolute Gasteiger partial charge is 0.271 e. The molecule has 6 heteroatoms. The van der Waals surface area contributed by atoms with E-state index >= 15 is 0 Å². The van der Waals surface area contributed by atoms with Crippen LogP contribution in [0.2, 0.25) is 20.1 Å². The van der Waals surface area contributed by atoms with Crippen LogP contribution in [0.4, 0.5) is 0 Å². The summed E-state index contributed by atoms with van der Waals surface area (Å²) in [5, 5.41) is 2.17. The first kappa shape index (κ1) is 16.9. The van der Waals surface area contributed by atoms with E-state index in [-0.39, 0.29) is 6.04 Å². The van der Waals surface area contributed by atoms with Gasteiger partial charge < -0.3 is 0 Å². The van der Waals surface area contributed by atoms with Gasteiger partial charge in [0.05, 0.1) is 20.1 Å². The van der Waals surface area contributed by atoms with Crippen LogP contribution in [0.1, 0.15) is 11.1 Å². The summed E-state index contributed by atoms with van der Waals surface area (Å²) in [7, 11) is 0. The highest BCUT2D eigenvalue weighted by atomic mass is 35.5. The molecule has 2 aromatic rings. The summed E-state index contributed by atoms with van der Waals surface area (Å²) >= 11 is 23.9. The van der Waals surface area contributed by atoms with Crippen molar-refractivity contribution < 1.29 is 0 Å². The molecule has 0 fully saturated rings. The van der Waals surface area contributed by atoms with Crippen LogP contribution in [0, 0.1) is 0 Å². The first-order valence-electron chi connectivity index (χ1n) is 6.33. The minimum absolute atomic E-state index is 0.0551. The Morgan fingerprint density at radius 2 is 1.19 bits per heavy atom. The maximum absolute atomic E-state index is 6.02. The average Bonchev–Trinajstić information content (AvgIpc) is 2.46. The van der Waals surface area contributed by atoms with Crippen molar-refractivity contribution in [2.45, 2.75) is 18.9 Å². The molecule has 2 rings (SSSR count). The van der Waals surface area contributed by atoms with Crippen molar-refractivity contribution in [3.63, 3.8) is 0 Å². The van der Waals surface area contributed by atoms with Crippen LogP contribution in [-0.4, -0.2) is 6.04 Å². The Hall–Kier alpha value is -0.480. The van der Waals surface area contributed by atoms with Crippen molar-refractivity contribution in [2.24, 2.45) is 5.84 Å². The first-order chi connectivity index (χ1) is 9.99. The number of hydrogen-bond acceptors (Lipinski definition) is 2. The number of nitrogens with one attached hydrogen (secondary N) is 1. The first-order valence-corrected chi connectivity index (χ1v) is 7.84. The molecule has 112 valence electrons. The topological polar surface area (TPSA) is 38.0 Å². The van der Waals surface area contributed by atoms with Gasteiger partial charge in [0.25, 0.3) is 0 Å². The van der Waals surface area contributed by atoms with E-state index in [1.54, 1.807) is 12.1 Å². The number of hydrogen-bond donors (Lipinski definition) is 2. The van der Waals surface area contributed by atoms with Gasteiger partial charge >= 0.3 is 0 Å². The third-order valence-corrected chi connectivity index (χ3v) is 4.65. The summed E-state index contributed by atoms with van der Waals surface area (Å²) < 4.78 is 0. The van der Waals surface area contributed by atoms with Crippen LogP contribution in [0.5, 0.6) is 0 Å². The van der Waals surface area contributed by atoms with Crippen LogP contribution in [0.25, 0.3) is 0 Å². The molecule has 0 unspecified atom stereocenters. The van der Waals surface area contributed by atoms with Crippen molar-refractivity contribution in [3.8, 4) is 0 Å². The highest BCUT2D eigenvalue weighted by molar-refractivity contribution is 6.42. The second kappa shape index (κ2) is 7.68. The number of hydrazine groups is 1. The van der Waals surface area contributed by atoms with E-state index in [0.29, 0.717) is 20.1 Å².